The second kappa shape index (κ2) is 9.38. The molecular weight excluding hydrogens is 479 g/mol. The first-order valence-corrected chi connectivity index (χ1v) is 12.1. The van der Waals surface area contributed by atoms with Crippen LogP contribution in [0.1, 0.15) is 41.3 Å². The summed E-state index contributed by atoms with van der Waals surface area (Å²) in [7, 11) is 1.44. The third-order valence-corrected chi connectivity index (χ3v) is 7.34. The summed E-state index contributed by atoms with van der Waals surface area (Å²) in [5.74, 6) is -1.38. The molecule has 0 radical (unpaired) electrons. The fourth-order valence-corrected chi connectivity index (χ4v) is 5.25. The third kappa shape index (κ3) is 4.30. The average Bonchev–Trinajstić information content (AvgIpc) is 3.21. The highest BCUT2D eigenvalue weighted by molar-refractivity contribution is 8.14. The molecule has 2 heterocycles. The SMILES string of the molecule is CNC(=O)c1cc(Cl)c(F)cc1NC(=O)C1(c2ccccc2C(C)C)CN(C2=NC(=O)CS2)C1. The summed E-state index contributed by atoms with van der Waals surface area (Å²) < 4.78 is 14.3. The molecule has 0 bridgehead atoms. The van der Waals surface area contributed by atoms with Gasteiger partial charge in [0.15, 0.2) is 5.17 Å². The van der Waals surface area contributed by atoms with Crippen molar-refractivity contribution in [2.75, 3.05) is 31.2 Å². The summed E-state index contributed by atoms with van der Waals surface area (Å²) in [6.45, 7) is 4.70. The first-order valence-electron chi connectivity index (χ1n) is 10.8. The predicted molar refractivity (Wildman–Crippen MR) is 132 cm³/mol. The van der Waals surface area contributed by atoms with E-state index in [1.54, 1.807) is 0 Å². The zero-order valence-electron chi connectivity index (χ0n) is 18.9. The van der Waals surface area contributed by atoms with Crippen LogP contribution in [0.2, 0.25) is 5.02 Å². The molecule has 0 aliphatic carbocycles. The number of benzene rings is 2. The van der Waals surface area contributed by atoms with E-state index in [-0.39, 0.29) is 39.8 Å². The van der Waals surface area contributed by atoms with Crippen molar-refractivity contribution < 1.29 is 18.8 Å². The molecule has 2 aliphatic rings. The van der Waals surface area contributed by atoms with Crippen molar-refractivity contribution in [2.24, 2.45) is 4.99 Å². The van der Waals surface area contributed by atoms with Crippen molar-refractivity contribution in [3.8, 4) is 0 Å². The number of carbonyl (C=O) groups excluding carboxylic acids is 3. The summed E-state index contributed by atoms with van der Waals surface area (Å²) in [5.41, 5.74) is 0.986. The molecule has 0 spiro atoms. The summed E-state index contributed by atoms with van der Waals surface area (Å²) in [5, 5.41) is 5.65. The number of nitrogens with zero attached hydrogens (tertiary/aromatic N) is 2. The van der Waals surface area contributed by atoms with Gasteiger partial charge in [-0.2, -0.15) is 4.99 Å². The standard InChI is InChI=1S/C24H24ClFN4O3S/c1-13(2)14-6-4-5-7-16(14)24(11-30(12-24)23-29-20(31)10-34-23)22(33)28-19-9-18(26)17(25)8-15(19)21(32)27-3/h4-9,13H,10-12H2,1-3H3,(H,27,32)(H,28,33). The molecule has 1 saturated heterocycles. The van der Waals surface area contributed by atoms with Crippen LogP contribution < -0.4 is 10.6 Å². The van der Waals surface area contributed by atoms with E-state index in [0.717, 1.165) is 17.2 Å². The van der Waals surface area contributed by atoms with Crippen molar-refractivity contribution in [1.82, 2.24) is 10.2 Å². The molecule has 4 rings (SSSR count). The van der Waals surface area contributed by atoms with Crippen molar-refractivity contribution in [3.63, 3.8) is 0 Å². The van der Waals surface area contributed by atoms with Crippen LogP contribution in [0.25, 0.3) is 0 Å². The Bertz CT molecular complexity index is 1210. The Morgan fingerprint density at radius 3 is 2.56 bits per heavy atom. The Morgan fingerprint density at radius 2 is 1.94 bits per heavy atom. The number of amidine groups is 1. The first kappa shape index (κ1) is 24.2. The van der Waals surface area contributed by atoms with E-state index in [9.17, 15) is 18.8 Å². The minimum atomic E-state index is -0.981. The maximum atomic E-state index is 14.3. The van der Waals surface area contributed by atoms with Crippen molar-refractivity contribution in [1.29, 1.82) is 0 Å². The normalized spacial score (nSPS) is 16.8. The Hall–Kier alpha value is -2.91. The molecule has 10 heteroatoms. The topological polar surface area (TPSA) is 90.9 Å². The lowest BCUT2D eigenvalue weighted by molar-refractivity contribution is -0.125. The minimum absolute atomic E-state index is 0.0360. The lowest BCUT2D eigenvalue weighted by atomic mass is 9.70. The summed E-state index contributed by atoms with van der Waals surface area (Å²) in [6, 6.07) is 9.96. The summed E-state index contributed by atoms with van der Waals surface area (Å²) >= 11 is 7.24. The van der Waals surface area contributed by atoms with Gasteiger partial charge in [-0.15, -0.1) is 0 Å². The smallest absolute Gasteiger partial charge is 0.258 e. The molecule has 1 fully saturated rings. The fraction of sp³-hybridized carbons (Fsp3) is 0.333. The van der Waals surface area contributed by atoms with Gasteiger partial charge in [0.05, 0.1) is 22.0 Å². The Kier molecular flexibility index (Phi) is 6.69. The minimum Gasteiger partial charge on any atom is -0.355 e. The number of thioether (sulfide) groups is 1. The van der Waals surface area contributed by atoms with Gasteiger partial charge < -0.3 is 15.5 Å². The van der Waals surface area contributed by atoms with Gasteiger partial charge in [-0.1, -0.05) is 61.5 Å². The number of nitrogens with one attached hydrogen (secondary N) is 2. The van der Waals surface area contributed by atoms with E-state index in [1.165, 1.54) is 24.9 Å². The maximum absolute atomic E-state index is 14.3. The van der Waals surface area contributed by atoms with Crippen molar-refractivity contribution in [2.45, 2.75) is 25.2 Å². The van der Waals surface area contributed by atoms with E-state index in [4.69, 9.17) is 11.6 Å². The van der Waals surface area contributed by atoms with E-state index in [2.05, 4.69) is 29.5 Å². The van der Waals surface area contributed by atoms with Gasteiger partial charge in [-0.3, -0.25) is 14.4 Å². The zero-order valence-corrected chi connectivity index (χ0v) is 20.5. The van der Waals surface area contributed by atoms with Gasteiger partial charge in [0.1, 0.15) is 11.2 Å². The van der Waals surface area contributed by atoms with Gasteiger partial charge in [0.2, 0.25) is 5.91 Å². The highest BCUT2D eigenvalue weighted by Gasteiger charge is 2.53. The third-order valence-electron chi connectivity index (χ3n) is 6.05. The van der Waals surface area contributed by atoms with Crippen LogP contribution in [-0.4, -0.2) is 53.7 Å². The quantitative estimate of drug-likeness (QED) is 0.649. The average molecular weight is 503 g/mol. The first-order chi connectivity index (χ1) is 16.2. The van der Waals surface area contributed by atoms with Crippen molar-refractivity contribution in [3.05, 3.63) is 63.9 Å². The molecule has 0 unspecified atom stereocenters. The molecule has 2 aliphatic heterocycles. The monoisotopic (exact) mass is 502 g/mol. The molecule has 2 N–H and O–H groups in total. The van der Waals surface area contributed by atoms with E-state index in [0.29, 0.717) is 18.3 Å². The van der Waals surface area contributed by atoms with Gasteiger partial charge in [0.25, 0.3) is 11.8 Å². The zero-order chi connectivity index (χ0) is 24.6. The highest BCUT2D eigenvalue weighted by Crippen LogP contribution is 2.42. The predicted octanol–water partition coefficient (Wildman–Crippen LogP) is 3.78. The maximum Gasteiger partial charge on any atom is 0.258 e. The van der Waals surface area contributed by atoms with E-state index < -0.39 is 17.1 Å². The molecule has 0 atom stereocenters. The lowest BCUT2D eigenvalue weighted by Gasteiger charge is -2.50. The van der Waals surface area contributed by atoms with E-state index in [1.807, 2.05) is 29.2 Å². The number of hydrogen-bond acceptors (Lipinski definition) is 5. The molecule has 0 aromatic heterocycles. The van der Waals surface area contributed by atoms with Gasteiger partial charge in [-0.05, 0) is 29.2 Å². The molecule has 0 saturated carbocycles. The van der Waals surface area contributed by atoms with Crippen LogP contribution in [0, 0.1) is 5.82 Å². The molecule has 7 nitrogen and oxygen atoms in total. The second-order valence-electron chi connectivity index (χ2n) is 8.60. The van der Waals surface area contributed by atoms with Gasteiger partial charge in [-0.25, -0.2) is 4.39 Å². The lowest BCUT2D eigenvalue weighted by Crippen LogP contribution is -2.66. The number of halogens is 2. The molecule has 34 heavy (non-hydrogen) atoms. The Morgan fingerprint density at radius 1 is 1.24 bits per heavy atom. The molecule has 2 aromatic rings. The molecular formula is C24H24ClFN4O3S. The van der Waals surface area contributed by atoms with Crippen LogP contribution >= 0.6 is 23.4 Å². The number of carbonyl (C=O) groups is 3. The molecule has 3 amide bonds. The Balaban J connectivity index is 1.74. The van der Waals surface area contributed by atoms with Gasteiger partial charge >= 0.3 is 0 Å². The van der Waals surface area contributed by atoms with Crippen LogP contribution in [-0.2, 0) is 15.0 Å². The highest BCUT2D eigenvalue weighted by atomic mass is 35.5. The number of aliphatic imine (C=N–C) groups is 1. The molecule has 178 valence electrons. The number of hydrogen-bond donors (Lipinski definition) is 2. The number of anilines is 1. The van der Waals surface area contributed by atoms with Crippen LogP contribution in [0.4, 0.5) is 10.1 Å². The second-order valence-corrected chi connectivity index (χ2v) is 9.95. The number of rotatable bonds is 5. The fourth-order valence-electron chi connectivity index (χ4n) is 4.29. The molecule has 2 aromatic carbocycles. The van der Waals surface area contributed by atoms with E-state index >= 15 is 0 Å². The summed E-state index contributed by atoms with van der Waals surface area (Å²) in [4.78, 5) is 43.8. The van der Waals surface area contributed by atoms with Crippen LogP contribution in [0.15, 0.2) is 41.4 Å². The van der Waals surface area contributed by atoms with Gasteiger partial charge in [0, 0.05) is 20.1 Å². The number of likely N-dealkylation sites (tertiary alicyclic amines) is 1. The Labute approximate surface area is 206 Å². The largest absolute Gasteiger partial charge is 0.355 e. The van der Waals surface area contributed by atoms with Crippen LogP contribution in [0.3, 0.4) is 0 Å². The van der Waals surface area contributed by atoms with Crippen molar-refractivity contribution >= 4 is 51.9 Å². The summed E-state index contributed by atoms with van der Waals surface area (Å²) in [6.07, 6.45) is 0. The number of amides is 3. The van der Waals surface area contributed by atoms with Crippen LogP contribution in [0.5, 0.6) is 0 Å².